The molecule has 168 valence electrons. The number of amides is 1. The van der Waals surface area contributed by atoms with Gasteiger partial charge in [-0.2, -0.15) is 0 Å². The second kappa shape index (κ2) is 13.1. The molecule has 2 heterocycles. The van der Waals surface area contributed by atoms with E-state index in [4.69, 9.17) is 5.73 Å². The molecule has 2 aliphatic rings. The van der Waals surface area contributed by atoms with Gasteiger partial charge in [0.05, 0.1) is 5.92 Å². The van der Waals surface area contributed by atoms with Crippen molar-refractivity contribution in [2.75, 3.05) is 46.3 Å². The summed E-state index contributed by atoms with van der Waals surface area (Å²) in [5, 5.41) is 3.53. The van der Waals surface area contributed by atoms with Crippen molar-refractivity contribution in [3.8, 4) is 0 Å². The van der Waals surface area contributed by atoms with Crippen molar-refractivity contribution >= 4 is 35.8 Å². The van der Waals surface area contributed by atoms with Crippen LogP contribution in [-0.2, 0) is 11.2 Å². The summed E-state index contributed by atoms with van der Waals surface area (Å²) in [6.45, 7) is 5.96. The number of hydrogen-bond donors (Lipinski definition) is 2. The van der Waals surface area contributed by atoms with Gasteiger partial charge in [0.2, 0.25) is 5.91 Å². The van der Waals surface area contributed by atoms with Crippen LogP contribution in [0.15, 0.2) is 35.3 Å². The first kappa shape index (κ1) is 24.9. The SMILES string of the molecule is CN=C(NCCCN1CCCC(C(N)=O)C1)N1CCC(Cc2ccccc2)CC1.I. The molecule has 0 bridgehead atoms. The van der Waals surface area contributed by atoms with Crippen LogP contribution in [0.1, 0.15) is 37.7 Å². The predicted molar refractivity (Wildman–Crippen MR) is 134 cm³/mol. The van der Waals surface area contributed by atoms with Gasteiger partial charge in [0.1, 0.15) is 0 Å². The zero-order valence-electron chi connectivity index (χ0n) is 18.3. The van der Waals surface area contributed by atoms with Gasteiger partial charge >= 0.3 is 0 Å². The Labute approximate surface area is 198 Å². The van der Waals surface area contributed by atoms with E-state index in [2.05, 4.69) is 50.4 Å². The topological polar surface area (TPSA) is 74.0 Å². The molecule has 1 amide bonds. The Morgan fingerprint density at radius 2 is 1.90 bits per heavy atom. The zero-order chi connectivity index (χ0) is 20.5. The molecule has 7 heteroatoms. The lowest BCUT2D eigenvalue weighted by Crippen LogP contribution is -2.46. The number of aliphatic imine (C=N–C) groups is 1. The number of nitrogens with zero attached hydrogens (tertiary/aromatic N) is 3. The minimum Gasteiger partial charge on any atom is -0.369 e. The van der Waals surface area contributed by atoms with Crippen LogP contribution in [0, 0.1) is 11.8 Å². The molecular weight excluding hydrogens is 489 g/mol. The molecule has 6 nitrogen and oxygen atoms in total. The first-order valence-electron chi connectivity index (χ1n) is 11.2. The maximum absolute atomic E-state index is 11.4. The summed E-state index contributed by atoms with van der Waals surface area (Å²) >= 11 is 0. The smallest absolute Gasteiger partial charge is 0.221 e. The third-order valence-corrected chi connectivity index (χ3v) is 6.34. The van der Waals surface area contributed by atoms with Crippen LogP contribution >= 0.6 is 24.0 Å². The lowest BCUT2D eigenvalue weighted by atomic mass is 9.90. The van der Waals surface area contributed by atoms with E-state index in [0.717, 1.165) is 70.4 Å². The lowest BCUT2D eigenvalue weighted by Gasteiger charge is -2.34. The average Bonchev–Trinajstić information content (AvgIpc) is 2.75. The minimum atomic E-state index is -0.149. The minimum absolute atomic E-state index is 0. The van der Waals surface area contributed by atoms with E-state index in [0.29, 0.717) is 0 Å². The summed E-state index contributed by atoms with van der Waals surface area (Å²) in [6, 6.07) is 10.8. The standard InChI is InChI=1S/C23H37N5O.HI/c1-25-23(26-12-6-14-27-13-5-9-21(18-27)22(24)29)28-15-10-20(11-16-28)17-19-7-3-2-4-8-19;/h2-4,7-8,20-21H,5-6,9-18H2,1H3,(H2,24,29)(H,25,26);1H. The van der Waals surface area contributed by atoms with Crippen LogP contribution in [0.4, 0.5) is 0 Å². The molecular formula is C23H38IN5O. The van der Waals surface area contributed by atoms with E-state index in [1.807, 2.05) is 7.05 Å². The van der Waals surface area contributed by atoms with Crippen molar-refractivity contribution in [2.45, 2.75) is 38.5 Å². The Morgan fingerprint density at radius 1 is 1.17 bits per heavy atom. The number of carbonyl (C=O) groups is 1. The van der Waals surface area contributed by atoms with Gasteiger partial charge in [-0.05, 0) is 63.1 Å². The number of rotatable bonds is 7. The molecule has 0 spiro atoms. The van der Waals surface area contributed by atoms with Crippen molar-refractivity contribution in [3.05, 3.63) is 35.9 Å². The molecule has 0 radical (unpaired) electrons. The largest absolute Gasteiger partial charge is 0.369 e. The van der Waals surface area contributed by atoms with Crippen LogP contribution in [-0.4, -0.2) is 68.0 Å². The molecule has 1 aromatic carbocycles. The number of nitrogens with one attached hydrogen (secondary N) is 1. The molecule has 2 saturated heterocycles. The van der Waals surface area contributed by atoms with Crippen molar-refractivity contribution in [2.24, 2.45) is 22.6 Å². The second-order valence-corrected chi connectivity index (χ2v) is 8.49. The number of likely N-dealkylation sites (tertiary alicyclic amines) is 2. The van der Waals surface area contributed by atoms with Gasteiger partial charge in [-0.15, -0.1) is 24.0 Å². The molecule has 1 unspecified atom stereocenters. The Hall–Kier alpha value is -1.35. The van der Waals surface area contributed by atoms with Gasteiger partial charge in [-0.25, -0.2) is 0 Å². The van der Waals surface area contributed by atoms with Crippen molar-refractivity contribution in [1.82, 2.24) is 15.1 Å². The second-order valence-electron chi connectivity index (χ2n) is 8.49. The van der Waals surface area contributed by atoms with Crippen LogP contribution < -0.4 is 11.1 Å². The normalized spacial score (nSPS) is 21.2. The highest BCUT2D eigenvalue weighted by atomic mass is 127. The summed E-state index contributed by atoms with van der Waals surface area (Å²) in [5.74, 6) is 1.67. The van der Waals surface area contributed by atoms with E-state index in [9.17, 15) is 4.79 Å². The molecule has 3 rings (SSSR count). The Balaban J connectivity index is 0.00000320. The Kier molecular flexibility index (Phi) is 10.9. The molecule has 2 aliphatic heterocycles. The van der Waals surface area contributed by atoms with Crippen LogP contribution in [0.3, 0.4) is 0 Å². The number of hydrogen-bond acceptors (Lipinski definition) is 3. The summed E-state index contributed by atoms with van der Waals surface area (Å²) in [6.07, 6.45) is 6.69. The zero-order valence-corrected chi connectivity index (χ0v) is 20.6. The number of guanidine groups is 1. The molecule has 0 aromatic heterocycles. The van der Waals surface area contributed by atoms with E-state index in [1.165, 1.54) is 24.8 Å². The monoisotopic (exact) mass is 527 g/mol. The number of piperidine rings is 2. The summed E-state index contributed by atoms with van der Waals surface area (Å²) in [5.41, 5.74) is 6.93. The highest BCUT2D eigenvalue weighted by Crippen LogP contribution is 2.21. The third kappa shape index (κ3) is 7.72. The fraction of sp³-hybridized carbons (Fsp3) is 0.652. The molecule has 1 atom stereocenters. The molecule has 1 aromatic rings. The lowest BCUT2D eigenvalue weighted by molar-refractivity contribution is -0.123. The summed E-state index contributed by atoms with van der Waals surface area (Å²) in [7, 11) is 1.88. The number of nitrogens with two attached hydrogens (primary N) is 1. The third-order valence-electron chi connectivity index (χ3n) is 6.34. The number of benzene rings is 1. The van der Waals surface area contributed by atoms with Gasteiger partial charge in [-0.1, -0.05) is 30.3 Å². The van der Waals surface area contributed by atoms with Crippen molar-refractivity contribution < 1.29 is 4.79 Å². The first-order valence-corrected chi connectivity index (χ1v) is 11.2. The number of carbonyl (C=O) groups excluding carboxylic acids is 1. The Bertz CT molecular complexity index is 661. The Morgan fingerprint density at radius 3 is 2.57 bits per heavy atom. The van der Waals surface area contributed by atoms with Gasteiger partial charge in [0, 0.05) is 33.2 Å². The van der Waals surface area contributed by atoms with Crippen molar-refractivity contribution in [3.63, 3.8) is 0 Å². The van der Waals surface area contributed by atoms with E-state index in [-0.39, 0.29) is 35.8 Å². The molecule has 0 aliphatic carbocycles. The molecule has 2 fully saturated rings. The maximum atomic E-state index is 11.4. The van der Waals surface area contributed by atoms with E-state index < -0.39 is 0 Å². The van der Waals surface area contributed by atoms with Gasteiger partial charge < -0.3 is 20.9 Å². The van der Waals surface area contributed by atoms with Crippen LogP contribution in [0.2, 0.25) is 0 Å². The number of halogens is 1. The van der Waals surface area contributed by atoms with Gasteiger partial charge in [-0.3, -0.25) is 9.79 Å². The van der Waals surface area contributed by atoms with Crippen LogP contribution in [0.25, 0.3) is 0 Å². The maximum Gasteiger partial charge on any atom is 0.221 e. The van der Waals surface area contributed by atoms with E-state index >= 15 is 0 Å². The van der Waals surface area contributed by atoms with Gasteiger partial charge in [0.25, 0.3) is 0 Å². The fourth-order valence-electron chi connectivity index (χ4n) is 4.62. The molecule has 30 heavy (non-hydrogen) atoms. The summed E-state index contributed by atoms with van der Waals surface area (Å²) < 4.78 is 0. The molecule has 0 saturated carbocycles. The van der Waals surface area contributed by atoms with Crippen LogP contribution in [0.5, 0.6) is 0 Å². The fourth-order valence-corrected chi connectivity index (χ4v) is 4.62. The van der Waals surface area contributed by atoms with Gasteiger partial charge in [0.15, 0.2) is 5.96 Å². The average molecular weight is 527 g/mol. The summed E-state index contributed by atoms with van der Waals surface area (Å²) in [4.78, 5) is 20.7. The highest BCUT2D eigenvalue weighted by Gasteiger charge is 2.24. The quantitative estimate of drug-likeness (QED) is 0.248. The van der Waals surface area contributed by atoms with E-state index in [1.54, 1.807) is 0 Å². The van der Waals surface area contributed by atoms with Crippen molar-refractivity contribution in [1.29, 1.82) is 0 Å². The highest BCUT2D eigenvalue weighted by molar-refractivity contribution is 14.0. The predicted octanol–water partition coefficient (Wildman–Crippen LogP) is 2.72. The first-order chi connectivity index (χ1) is 14.2. The molecule has 3 N–H and O–H groups in total. The number of primary amides is 1.